The largest absolute Gasteiger partial charge is 0.495 e. The Morgan fingerprint density at radius 2 is 1.85 bits per heavy atom. The van der Waals surface area contributed by atoms with Gasteiger partial charge in [0.2, 0.25) is 10.0 Å². The fraction of sp³-hybridized carbons (Fsp3) is 0.571. The number of ether oxygens (including phenoxy) is 1. The summed E-state index contributed by atoms with van der Waals surface area (Å²) in [6.07, 6.45) is 1.07. The first-order chi connectivity index (χ1) is 9.34. The van der Waals surface area contributed by atoms with E-state index in [2.05, 4.69) is 29.8 Å². The zero-order valence-corrected chi connectivity index (χ0v) is 14.4. The zero-order valence-electron chi connectivity index (χ0n) is 12.0. The minimum atomic E-state index is -3.51. The summed E-state index contributed by atoms with van der Waals surface area (Å²) in [6.45, 7) is 5.33. The molecular formula is C14H20BrNO3S. The van der Waals surface area contributed by atoms with Crippen molar-refractivity contribution in [1.29, 1.82) is 0 Å². The van der Waals surface area contributed by atoms with Crippen LogP contribution in [-0.4, -0.2) is 32.9 Å². The molecule has 4 nitrogen and oxygen atoms in total. The minimum Gasteiger partial charge on any atom is -0.495 e. The Bertz CT molecular complexity index is 578. The molecule has 0 spiro atoms. The highest BCUT2D eigenvalue weighted by Gasteiger charge is 2.33. The topological polar surface area (TPSA) is 46.6 Å². The number of benzene rings is 1. The van der Waals surface area contributed by atoms with E-state index in [0.717, 1.165) is 10.9 Å². The van der Waals surface area contributed by atoms with Crippen molar-refractivity contribution in [2.24, 2.45) is 11.8 Å². The average Bonchev–Trinajstić information content (AvgIpc) is 2.37. The summed E-state index contributed by atoms with van der Waals surface area (Å²) in [5.41, 5.74) is 0. The molecule has 1 aliphatic rings. The molecule has 1 aromatic carbocycles. The maximum atomic E-state index is 12.8. The number of methoxy groups -OCH3 is 1. The molecule has 1 fully saturated rings. The lowest BCUT2D eigenvalue weighted by molar-refractivity contribution is 0.222. The van der Waals surface area contributed by atoms with Crippen LogP contribution in [0.5, 0.6) is 5.75 Å². The van der Waals surface area contributed by atoms with E-state index in [1.807, 2.05) is 0 Å². The number of hydrogen-bond acceptors (Lipinski definition) is 3. The van der Waals surface area contributed by atoms with Crippen LogP contribution in [0.25, 0.3) is 0 Å². The Hall–Kier alpha value is -0.590. The highest BCUT2D eigenvalue weighted by molar-refractivity contribution is 9.10. The third-order valence-electron chi connectivity index (χ3n) is 3.58. The average molecular weight is 362 g/mol. The molecule has 1 aromatic rings. The van der Waals surface area contributed by atoms with E-state index >= 15 is 0 Å². The van der Waals surface area contributed by atoms with Gasteiger partial charge in [0.25, 0.3) is 0 Å². The van der Waals surface area contributed by atoms with Crippen molar-refractivity contribution in [1.82, 2.24) is 4.31 Å². The van der Waals surface area contributed by atoms with Crippen molar-refractivity contribution in [3.63, 3.8) is 0 Å². The molecule has 1 heterocycles. The van der Waals surface area contributed by atoms with Crippen molar-refractivity contribution in [3.05, 3.63) is 22.7 Å². The summed E-state index contributed by atoms with van der Waals surface area (Å²) in [5, 5.41) is 0. The molecule has 0 saturated carbocycles. The van der Waals surface area contributed by atoms with Crippen LogP contribution in [0.3, 0.4) is 0 Å². The molecule has 112 valence electrons. The lowest BCUT2D eigenvalue weighted by Gasteiger charge is -2.34. The molecule has 2 atom stereocenters. The Balaban J connectivity index is 2.42. The molecule has 0 aromatic heterocycles. The summed E-state index contributed by atoms with van der Waals surface area (Å²) in [4.78, 5) is 0.232. The van der Waals surface area contributed by atoms with Gasteiger partial charge in [-0.05, 0) is 36.5 Å². The summed E-state index contributed by atoms with van der Waals surface area (Å²) in [6, 6.07) is 5.06. The van der Waals surface area contributed by atoms with E-state index in [1.54, 1.807) is 22.5 Å². The van der Waals surface area contributed by atoms with Crippen molar-refractivity contribution in [2.75, 3.05) is 20.2 Å². The fourth-order valence-electron chi connectivity index (χ4n) is 2.79. The summed E-state index contributed by atoms with van der Waals surface area (Å²) < 4.78 is 33.2. The Kier molecular flexibility index (Phi) is 4.76. The second-order valence-corrected chi connectivity index (χ2v) is 8.39. The van der Waals surface area contributed by atoms with Gasteiger partial charge >= 0.3 is 0 Å². The monoisotopic (exact) mass is 361 g/mol. The van der Waals surface area contributed by atoms with Crippen molar-refractivity contribution < 1.29 is 13.2 Å². The molecule has 2 rings (SSSR count). The van der Waals surface area contributed by atoms with Gasteiger partial charge in [-0.3, -0.25) is 0 Å². The van der Waals surface area contributed by atoms with E-state index in [-0.39, 0.29) is 4.90 Å². The molecule has 1 saturated heterocycles. The molecule has 0 bridgehead atoms. The Morgan fingerprint density at radius 1 is 1.25 bits per heavy atom. The first-order valence-corrected chi connectivity index (χ1v) is 8.91. The summed E-state index contributed by atoms with van der Waals surface area (Å²) in [7, 11) is -2.02. The molecule has 2 unspecified atom stereocenters. The van der Waals surface area contributed by atoms with Crippen molar-refractivity contribution in [3.8, 4) is 5.75 Å². The SMILES string of the molecule is COc1ccc(Br)cc1S(=O)(=O)N1CC(C)CC(C)C1. The first kappa shape index (κ1) is 15.8. The van der Waals surface area contributed by atoms with Crippen LogP contribution in [0, 0.1) is 11.8 Å². The molecule has 20 heavy (non-hydrogen) atoms. The van der Waals surface area contributed by atoms with Gasteiger partial charge in [-0.25, -0.2) is 8.42 Å². The zero-order chi connectivity index (χ0) is 14.9. The van der Waals surface area contributed by atoms with Crippen LogP contribution in [0.2, 0.25) is 0 Å². The standard InChI is InChI=1S/C14H20BrNO3S/c1-10-6-11(2)9-16(8-10)20(17,18)14-7-12(15)4-5-13(14)19-3/h4-5,7,10-11H,6,8-9H2,1-3H3. The normalized spacial score (nSPS) is 24.6. The number of halogens is 1. The van der Waals surface area contributed by atoms with E-state index < -0.39 is 10.0 Å². The number of piperidine rings is 1. The van der Waals surface area contributed by atoms with Crippen LogP contribution in [0.1, 0.15) is 20.3 Å². The first-order valence-electron chi connectivity index (χ1n) is 6.68. The third-order valence-corrected chi connectivity index (χ3v) is 5.92. The lowest BCUT2D eigenvalue weighted by Crippen LogP contribution is -2.42. The van der Waals surface area contributed by atoms with Crippen molar-refractivity contribution >= 4 is 26.0 Å². The summed E-state index contributed by atoms with van der Waals surface area (Å²) in [5.74, 6) is 1.15. The van der Waals surface area contributed by atoms with Gasteiger partial charge < -0.3 is 4.74 Å². The van der Waals surface area contributed by atoms with Crippen LogP contribution < -0.4 is 4.74 Å². The lowest BCUT2D eigenvalue weighted by atomic mass is 9.94. The van der Waals surface area contributed by atoms with Gasteiger partial charge in [-0.1, -0.05) is 29.8 Å². The maximum absolute atomic E-state index is 12.8. The Morgan fingerprint density at radius 3 is 2.40 bits per heavy atom. The second-order valence-electron chi connectivity index (χ2n) is 5.56. The van der Waals surface area contributed by atoms with Gasteiger partial charge in [0.05, 0.1) is 7.11 Å². The van der Waals surface area contributed by atoms with Crippen LogP contribution >= 0.6 is 15.9 Å². The van der Waals surface area contributed by atoms with Crippen LogP contribution in [-0.2, 0) is 10.0 Å². The van der Waals surface area contributed by atoms with E-state index in [9.17, 15) is 8.42 Å². The van der Waals surface area contributed by atoms with Crippen LogP contribution in [0.4, 0.5) is 0 Å². The van der Waals surface area contributed by atoms with E-state index in [0.29, 0.717) is 30.7 Å². The Labute approximate surface area is 129 Å². The number of rotatable bonds is 3. The van der Waals surface area contributed by atoms with Gasteiger partial charge in [-0.2, -0.15) is 4.31 Å². The molecule has 0 amide bonds. The third kappa shape index (κ3) is 3.18. The maximum Gasteiger partial charge on any atom is 0.246 e. The van der Waals surface area contributed by atoms with Gasteiger partial charge in [0.1, 0.15) is 10.6 Å². The van der Waals surface area contributed by atoms with Crippen LogP contribution in [0.15, 0.2) is 27.6 Å². The molecule has 6 heteroatoms. The molecule has 0 aliphatic carbocycles. The highest BCUT2D eigenvalue weighted by atomic mass is 79.9. The quantitative estimate of drug-likeness (QED) is 0.830. The fourth-order valence-corrected chi connectivity index (χ4v) is 5.17. The van der Waals surface area contributed by atoms with E-state index in [4.69, 9.17) is 4.74 Å². The van der Waals surface area contributed by atoms with Gasteiger partial charge in [0, 0.05) is 17.6 Å². The molecule has 1 aliphatic heterocycles. The number of nitrogens with zero attached hydrogens (tertiary/aromatic N) is 1. The van der Waals surface area contributed by atoms with Gasteiger partial charge in [0.15, 0.2) is 0 Å². The smallest absolute Gasteiger partial charge is 0.246 e. The molecule has 0 N–H and O–H groups in total. The predicted octanol–water partition coefficient (Wildman–Crippen LogP) is 3.12. The number of sulfonamides is 1. The van der Waals surface area contributed by atoms with Gasteiger partial charge in [-0.15, -0.1) is 0 Å². The summed E-state index contributed by atoms with van der Waals surface area (Å²) >= 11 is 3.33. The highest BCUT2D eigenvalue weighted by Crippen LogP contribution is 2.32. The molecule has 0 radical (unpaired) electrons. The number of hydrogen-bond donors (Lipinski definition) is 0. The minimum absolute atomic E-state index is 0.232. The molecular weight excluding hydrogens is 342 g/mol. The second kappa shape index (κ2) is 6.03. The van der Waals surface area contributed by atoms with Crippen molar-refractivity contribution in [2.45, 2.75) is 25.2 Å². The predicted molar refractivity (Wildman–Crippen MR) is 82.4 cm³/mol. The van der Waals surface area contributed by atoms with E-state index in [1.165, 1.54) is 7.11 Å².